The molecule has 4 aromatic rings. The van der Waals surface area contributed by atoms with E-state index < -0.39 is 0 Å². The third-order valence-electron chi connectivity index (χ3n) is 5.37. The van der Waals surface area contributed by atoms with Gasteiger partial charge in [0, 0.05) is 30.7 Å². The molecule has 1 saturated carbocycles. The summed E-state index contributed by atoms with van der Waals surface area (Å²) in [6, 6.07) is 7.69. The number of hydrogen-bond acceptors (Lipinski definition) is 8. The molecule has 1 aliphatic rings. The van der Waals surface area contributed by atoms with Crippen LogP contribution < -0.4 is 10.1 Å². The second-order valence-electron chi connectivity index (χ2n) is 7.82. The van der Waals surface area contributed by atoms with Crippen molar-refractivity contribution in [1.29, 1.82) is 0 Å². The lowest BCUT2D eigenvalue weighted by Crippen LogP contribution is -2.24. The molecule has 1 N–H and O–H groups in total. The smallest absolute Gasteiger partial charge is 0.183 e. The standard InChI is InChI=1S/C24H23ClN6OS/c1-2-8-28-24-29-14-22(33-24)20-12-19(30-23(31-20)21-13-26-9-10-27-21)17-7-6-16(11-18(17)25)32-15-4-3-5-15/h6-7,9-15H,2-5,8H2,1H3,(H,28,29). The minimum absolute atomic E-state index is 0.294. The third kappa shape index (κ3) is 4.96. The van der Waals surface area contributed by atoms with Crippen LogP contribution in [0.25, 0.3) is 33.3 Å². The molecular weight excluding hydrogens is 456 g/mol. The van der Waals surface area contributed by atoms with Gasteiger partial charge in [-0.3, -0.25) is 4.98 Å². The summed E-state index contributed by atoms with van der Waals surface area (Å²) >= 11 is 8.23. The van der Waals surface area contributed by atoms with Crippen molar-refractivity contribution >= 4 is 28.1 Å². The topological polar surface area (TPSA) is 85.7 Å². The average Bonchev–Trinajstić information content (AvgIpc) is 3.29. The zero-order valence-corrected chi connectivity index (χ0v) is 19.7. The highest BCUT2D eigenvalue weighted by Crippen LogP contribution is 2.36. The van der Waals surface area contributed by atoms with Gasteiger partial charge < -0.3 is 10.1 Å². The SMILES string of the molecule is CCCNc1ncc(-c2cc(-c3ccc(OC4CCC4)cc3Cl)nc(-c3cnccn3)n2)s1. The molecule has 0 radical (unpaired) electrons. The fourth-order valence-corrected chi connectivity index (χ4v) is 4.47. The van der Waals surface area contributed by atoms with Gasteiger partial charge in [-0.2, -0.15) is 0 Å². The second-order valence-corrected chi connectivity index (χ2v) is 9.26. The molecule has 0 unspecified atom stereocenters. The monoisotopic (exact) mass is 478 g/mol. The number of hydrogen-bond donors (Lipinski definition) is 1. The molecule has 168 valence electrons. The number of nitrogens with one attached hydrogen (secondary N) is 1. The maximum atomic E-state index is 6.68. The Hall–Kier alpha value is -3.10. The van der Waals surface area contributed by atoms with Gasteiger partial charge >= 0.3 is 0 Å². The molecule has 3 heterocycles. The normalized spacial score (nSPS) is 13.5. The second kappa shape index (κ2) is 9.80. The highest BCUT2D eigenvalue weighted by molar-refractivity contribution is 7.18. The van der Waals surface area contributed by atoms with Gasteiger partial charge in [0.15, 0.2) is 11.0 Å². The van der Waals surface area contributed by atoms with E-state index in [-0.39, 0.29) is 0 Å². The van der Waals surface area contributed by atoms with Crippen LogP contribution in [-0.2, 0) is 0 Å². The summed E-state index contributed by atoms with van der Waals surface area (Å²) in [4.78, 5) is 23.5. The van der Waals surface area contributed by atoms with Gasteiger partial charge in [-0.1, -0.05) is 29.9 Å². The van der Waals surface area contributed by atoms with Gasteiger partial charge in [-0.05, 0) is 49.9 Å². The maximum Gasteiger partial charge on any atom is 0.183 e. The van der Waals surface area contributed by atoms with Crippen LogP contribution in [0.2, 0.25) is 5.02 Å². The molecule has 0 amide bonds. The number of ether oxygens (including phenoxy) is 1. The molecule has 7 nitrogen and oxygen atoms in total. The van der Waals surface area contributed by atoms with Crippen LogP contribution in [0, 0.1) is 0 Å². The first-order valence-corrected chi connectivity index (χ1v) is 12.2. The van der Waals surface area contributed by atoms with Crippen molar-refractivity contribution in [3.05, 3.63) is 54.1 Å². The summed E-state index contributed by atoms with van der Waals surface area (Å²) in [6.07, 6.45) is 11.5. The lowest BCUT2D eigenvalue weighted by Gasteiger charge is -2.26. The molecule has 0 spiro atoms. The summed E-state index contributed by atoms with van der Waals surface area (Å²) in [5.74, 6) is 1.27. The van der Waals surface area contributed by atoms with Crippen LogP contribution in [0.15, 0.2) is 49.1 Å². The zero-order valence-electron chi connectivity index (χ0n) is 18.2. The van der Waals surface area contributed by atoms with Crippen LogP contribution >= 0.6 is 22.9 Å². The molecule has 3 aromatic heterocycles. The summed E-state index contributed by atoms with van der Waals surface area (Å²) in [5, 5.41) is 4.77. The van der Waals surface area contributed by atoms with Crippen molar-refractivity contribution in [2.45, 2.75) is 38.7 Å². The molecular formula is C24H23ClN6OS. The summed E-state index contributed by atoms with van der Waals surface area (Å²) < 4.78 is 5.99. The Kier molecular flexibility index (Phi) is 6.46. The number of rotatable bonds is 8. The van der Waals surface area contributed by atoms with Gasteiger partial charge in [0.25, 0.3) is 0 Å². The lowest BCUT2D eigenvalue weighted by molar-refractivity contribution is 0.120. The first-order valence-electron chi connectivity index (χ1n) is 11.0. The fraction of sp³-hybridized carbons (Fsp3) is 0.292. The average molecular weight is 479 g/mol. The molecule has 0 bridgehead atoms. The number of nitrogens with zero attached hydrogens (tertiary/aromatic N) is 5. The zero-order chi connectivity index (χ0) is 22.6. The molecule has 1 fully saturated rings. The Labute approximate surface area is 201 Å². The Morgan fingerprint density at radius 1 is 1.06 bits per heavy atom. The first-order chi connectivity index (χ1) is 16.2. The predicted molar refractivity (Wildman–Crippen MR) is 132 cm³/mol. The minimum Gasteiger partial charge on any atom is -0.490 e. The molecule has 9 heteroatoms. The van der Waals surface area contributed by atoms with Crippen LogP contribution in [0.4, 0.5) is 5.13 Å². The third-order valence-corrected chi connectivity index (χ3v) is 6.66. The lowest BCUT2D eigenvalue weighted by atomic mass is 9.96. The van der Waals surface area contributed by atoms with Gasteiger partial charge in [0.05, 0.1) is 33.6 Å². The van der Waals surface area contributed by atoms with Crippen molar-refractivity contribution in [2.75, 3.05) is 11.9 Å². The van der Waals surface area contributed by atoms with E-state index in [0.29, 0.717) is 28.3 Å². The molecule has 1 aliphatic carbocycles. The van der Waals surface area contributed by atoms with Crippen LogP contribution in [0.5, 0.6) is 5.75 Å². The molecule has 5 rings (SSSR count). The number of thiazole rings is 1. The van der Waals surface area contributed by atoms with Gasteiger partial charge in [0.1, 0.15) is 11.4 Å². The fourth-order valence-electron chi connectivity index (χ4n) is 3.40. The van der Waals surface area contributed by atoms with Crippen LogP contribution in [-0.4, -0.2) is 37.6 Å². The van der Waals surface area contributed by atoms with Crippen LogP contribution in [0.3, 0.4) is 0 Å². The van der Waals surface area contributed by atoms with Crippen molar-refractivity contribution < 1.29 is 4.74 Å². The van der Waals surface area contributed by atoms with E-state index in [0.717, 1.165) is 52.8 Å². The molecule has 1 aromatic carbocycles. The first kappa shape index (κ1) is 21.7. The number of benzene rings is 1. The van der Waals surface area contributed by atoms with E-state index in [4.69, 9.17) is 26.3 Å². The number of anilines is 1. The Morgan fingerprint density at radius 2 is 1.94 bits per heavy atom. The number of halogens is 1. The van der Waals surface area contributed by atoms with Crippen molar-refractivity contribution in [3.8, 4) is 39.1 Å². The summed E-state index contributed by atoms with van der Waals surface area (Å²) in [6.45, 7) is 3.00. The minimum atomic E-state index is 0.294. The highest BCUT2D eigenvalue weighted by Gasteiger charge is 2.20. The van der Waals surface area contributed by atoms with Crippen LogP contribution in [0.1, 0.15) is 32.6 Å². The Bertz CT molecular complexity index is 1240. The van der Waals surface area contributed by atoms with E-state index >= 15 is 0 Å². The number of aromatic nitrogens is 5. The van der Waals surface area contributed by atoms with Crippen molar-refractivity contribution in [1.82, 2.24) is 24.9 Å². The largest absolute Gasteiger partial charge is 0.490 e. The molecule has 0 aliphatic heterocycles. The van der Waals surface area contributed by atoms with E-state index in [1.54, 1.807) is 29.9 Å². The molecule has 0 saturated heterocycles. The van der Waals surface area contributed by atoms with Gasteiger partial charge in [-0.25, -0.2) is 19.9 Å². The predicted octanol–water partition coefficient (Wildman–Crippen LogP) is 6.13. The van der Waals surface area contributed by atoms with Gasteiger partial charge in [-0.15, -0.1) is 0 Å². The van der Waals surface area contributed by atoms with Crippen molar-refractivity contribution in [2.24, 2.45) is 0 Å². The van der Waals surface area contributed by atoms with E-state index in [1.807, 2.05) is 30.5 Å². The quantitative estimate of drug-likeness (QED) is 0.326. The van der Waals surface area contributed by atoms with E-state index in [2.05, 4.69) is 27.2 Å². The van der Waals surface area contributed by atoms with E-state index in [9.17, 15) is 0 Å². The summed E-state index contributed by atoms with van der Waals surface area (Å²) in [7, 11) is 0. The summed E-state index contributed by atoms with van der Waals surface area (Å²) in [5.41, 5.74) is 2.86. The van der Waals surface area contributed by atoms with Crippen molar-refractivity contribution in [3.63, 3.8) is 0 Å². The maximum absolute atomic E-state index is 6.68. The van der Waals surface area contributed by atoms with Gasteiger partial charge in [0.2, 0.25) is 0 Å². The van der Waals surface area contributed by atoms with E-state index in [1.165, 1.54) is 6.42 Å². The highest BCUT2D eigenvalue weighted by atomic mass is 35.5. The molecule has 0 atom stereocenters. The Morgan fingerprint density at radius 3 is 2.67 bits per heavy atom. The molecule has 33 heavy (non-hydrogen) atoms. The Balaban J connectivity index is 1.54.